The normalized spacial score (nSPS) is 20.0. The summed E-state index contributed by atoms with van der Waals surface area (Å²) in [5.74, 6) is -1.58. The van der Waals surface area contributed by atoms with Crippen molar-refractivity contribution in [2.45, 2.75) is 45.1 Å². The zero-order chi connectivity index (χ0) is 15.7. The van der Waals surface area contributed by atoms with Crippen molar-refractivity contribution in [2.75, 3.05) is 6.54 Å². The third-order valence-corrected chi connectivity index (χ3v) is 4.31. The van der Waals surface area contributed by atoms with E-state index < -0.39 is 17.3 Å². The molecule has 3 N–H and O–H groups in total. The lowest BCUT2D eigenvalue weighted by atomic mass is 9.71. The van der Waals surface area contributed by atoms with Crippen LogP contribution in [0.5, 0.6) is 5.75 Å². The first-order valence-corrected chi connectivity index (χ1v) is 7.20. The number of benzene rings is 1. The predicted molar refractivity (Wildman–Crippen MR) is 77.6 cm³/mol. The topological polar surface area (TPSA) is 69.6 Å². The van der Waals surface area contributed by atoms with Crippen molar-refractivity contribution < 1.29 is 19.4 Å². The Kier molecular flexibility index (Phi) is 4.23. The molecule has 0 spiro atoms. The molecular weight excluding hydrogens is 273 g/mol. The van der Waals surface area contributed by atoms with Crippen LogP contribution in [-0.4, -0.2) is 28.3 Å². The number of nitrogens with one attached hydrogen (secondary N) is 1. The molecule has 0 atom stereocenters. The van der Waals surface area contributed by atoms with E-state index >= 15 is 0 Å². The van der Waals surface area contributed by atoms with Crippen molar-refractivity contribution in [3.05, 3.63) is 29.6 Å². The third kappa shape index (κ3) is 3.94. The summed E-state index contributed by atoms with van der Waals surface area (Å²) in [4.78, 5) is 11.9. The average molecular weight is 295 g/mol. The second-order valence-electron chi connectivity index (χ2n) is 6.74. The van der Waals surface area contributed by atoms with Crippen LogP contribution in [0.3, 0.4) is 0 Å². The van der Waals surface area contributed by atoms with Crippen LogP contribution in [-0.2, 0) is 0 Å². The van der Waals surface area contributed by atoms with E-state index in [4.69, 9.17) is 5.11 Å². The Hall–Kier alpha value is -1.62. The van der Waals surface area contributed by atoms with Crippen molar-refractivity contribution in [3.8, 4) is 5.75 Å². The van der Waals surface area contributed by atoms with Crippen LogP contribution in [0, 0.1) is 11.2 Å². The molecule has 4 nitrogen and oxygen atoms in total. The second-order valence-corrected chi connectivity index (χ2v) is 6.74. The highest BCUT2D eigenvalue weighted by atomic mass is 19.1. The van der Waals surface area contributed by atoms with Gasteiger partial charge >= 0.3 is 0 Å². The van der Waals surface area contributed by atoms with Crippen molar-refractivity contribution in [1.29, 1.82) is 0 Å². The molecule has 1 aromatic rings. The summed E-state index contributed by atoms with van der Waals surface area (Å²) in [5, 5.41) is 22.2. The predicted octanol–water partition coefficient (Wildman–Crippen LogP) is 2.59. The molecule has 5 heteroatoms. The molecule has 0 heterocycles. The largest absolute Gasteiger partial charge is 0.508 e. The molecule has 21 heavy (non-hydrogen) atoms. The number of halogens is 1. The summed E-state index contributed by atoms with van der Waals surface area (Å²) in [6.07, 6.45) is 3.04. The molecule has 1 aromatic carbocycles. The molecule has 1 amide bonds. The number of hydrogen-bond donors (Lipinski definition) is 3. The van der Waals surface area contributed by atoms with Crippen LogP contribution in [0.1, 0.15) is 49.9 Å². The highest BCUT2D eigenvalue weighted by Crippen LogP contribution is 2.39. The standard InChI is InChI=1S/C16H22FNO3/c1-15(2)5-7-16(21,8-6-15)10-18-14(20)12-4-3-11(19)9-13(12)17/h3-4,9,19,21H,5-8,10H2,1-2H3,(H,18,20). The number of amides is 1. The van der Waals surface area contributed by atoms with E-state index in [0.29, 0.717) is 12.8 Å². The molecule has 1 aliphatic carbocycles. The summed E-state index contributed by atoms with van der Waals surface area (Å²) in [5.41, 5.74) is -0.828. The zero-order valence-corrected chi connectivity index (χ0v) is 12.4. The molecule has 0 saturated heterocycles. The van der Waals surface area contributed by atoms with Gasteiger partial charge in [-0.2, -0.15) is 0 Å². The van der Waals surface area contributed by atoms with E-state index in [1.54, 1.807) is 0 Å². The molecule has 0 bridgehead atoms. The first kappa shape index (κ1) is 15.8. The Morgan fingerprint density at radius 1 is 1.29 bits per heavy atom. The summed E-state index contributed by atoms with van der Waals surface area (Å²) < 4.78 is 13.6. The van der Waals surface area contributed by atoms with E-state index in [9.17, 15) is 14.3 Å². The van der Waals surface area contributed by atoms with E-state index in [0.717, 1.165) is 18.9 Å². The van der Waals surface area contributed by atoms with Gasteiger partial charge in [0.05, 0.1) is 11.2 Å². The first-order valence-electron chi connectivity index (χ1n) is 7.20. The van der Waals surface area contributed by atoms with Crippen LogP contribution in [0.2, 0.25) is 0 Å². The highest BCUT2D eigenvalue weighted by molar-refractivity contribution is 5.94. The van der Waals surface area contributed by atoms with Crippen molar-refractivity contribution in [1.82, 2.24) is 5.32 Å². The number of carbonyl (C=O) groups is 1. The van der Waals surface area contributed by atoms with Crippen molar-refractivity contribution in [3.63, 3.8) is 0 Å². The fourth-order valence-electron chi connectivity index (χ4n) is 2.60. The summed E-state index contributed by atoms with van der Waals surface area (Å²) in [7, 11) is 0. The Balaban J connectivity index is 1.95. The lowest BCUT2D eigenvalue weighted by molar-refractivity contribution is -0.0233. The zero-order valence-electron chi connectivity index (χ0n) is 12.4. The highest BCUT2D eigenvalue weighted by Gasteiger charge is 2.36. The maximum atomic E-state index is 13.6. The fourth-order valence-corrected chi connectivity index (χ4v) is 2.60. The van der Waals surface area contributed by atoms with Gasteiger partial charge in [0.1, 0.15) is 11.6 Å². The molecule has 1 saturated carbocycles. The minimum atomic E-state index is -0.918. The van der Waals surface area contributed by atoms with E-state index in [1.165, 1.54) is 12.1 Å². The van der Waals surface area contributed by atoms with E-state index in [1.807, 2.05) is 0 Å². The maximum absolute atomic E-state index is 13.6. The molecule has 1 fully saturated rings. The van der Waals surface area contributed by atoms with Gasteiger partial charge in [-0.25, -0.2) is 4.39 Å². The SMILES string of the molecule is CC1(C)CCC(O)(CNC(=O)c2ccc(O)cc2F)CC1. The van der Waals surface area contributed by atoms with Gasteiger partial charge < -0.3 is 15.5 Å². The van der Waals surface area contributed by atoms with Gasteiger partial charge in [0.2, 0.25) is 0 Å². The van der Waals surface area contributed by atoms with Gasteiger partial charge in [-0.05, 0) is 43.2 Å². The van der Waals surface area contributed by atoms with Crippen LogP contribution in [0.4, 0.5) is 4.39 Å². The second kappa shape index (κ2) is 5.64. The van der Waals surface area contributed by atoms with Gasteiger partial charge in [-0.3, -0.25) is 4.79 Å². The fraction of sp³-hybridized carbons (Fsp3) is 0.562. The molecule has 0 radical (unpaired) electrons. The number of rotatable bonds is 3. The number of aliphatic hydroxyl groups is 1. The maximum Gasteiger partial charge on any atom is 0.254 e. The van der Waals surface area contributed by atoms with Crippen LogP contribution in [0.15, 0.2) is 18.2 Å². The molecular formula is C16H22FNO3. The van der Waals surface area contributed by atoms with Crippen molar-refractivity contribution in [2.24, 2.45) is 5.41 Å². The summed E-state index contributed by atoms with van der Waals surface area (Å²) in [6.45, 7) is 4.44. The Bertz CT molecular complexity index is 532. The van der Waals surface area contributed by atoms with Crippen LogP contribution >= 0.6 is 0 Å². The van der Waals surface area contributed by atoms with Gasteiger partial charge in [-0.15, -0.1) is 0 Å². The van der Waals surface area contributed by atoms with Gasteiger partial charge in [0, 0.05) is 12.6 Å². The average Bonchev–Trinajstić information content (AvgIpc) is 2.40. The van der Waals surface area contributed by atoms with E-state index in [-0.39, 0.29) is 23.3 Å². The van der Waals surface area contributed by atoms with E-state index in [2.05, 4.69) is 19.2 Å². The number of phenolic OH excluding ortho intramolecular Hbond substituents is 1. The molecule has 2 rings (SSSR count). The molecule has 0 aromatic heterocycles. The molecule has 116 valence electrons. The summed E-state index contributed by atoms with van der Waals surface area (Å²) >= 11 is 0. The number of phenols is 1. The lowest BCUT2D eigenvalue weighted by Crippen LogP contribution is -2.46. The smallest absolute Gasteiger partial charge is 0.254 e. The lowest BCUT2D eigenvalue weighted by Gasteiger charge is -2.40. The van der Waals surface area contributed by atoms with Crippen LogP contribution < -0.4 is 5.32 Å². The first-order chi connectivity index (χ1) is 9.71. The molecule has 0 aliphatic heterocycles. The monoisotopic (exact) mass is 295 g/mol. The van der Waals surface area contributed by atoms with Gasteiger partial charge in [-0.1, -0.05) is 13.8 Å². The number of hydrogen-bond acceptors (Lipinski definition) is 3. The quantitative estimate of drug-likeness (QED) is 0.803. The number of aromatic hydroxyl groups is 1. The third-order valence-electron chi connectivity index (χ3n) is 4.31. The van der Waals surface area contributed by atoms with Crippen LogP contribution in [0.25, 0.3) is 0 Å². The van der Waals surface area contributed by atoms with Crippen molar-refractivity contribution >= 4 is 5.91 Å². The minimum absolute atomic E-state index is 0.113. The van der Waals surface area contributed by atoms with Gasteiger partial charge in [0.15, 0.2) is 0 Å². The minimum Gasteiger partial charge on any atom is -0.508 e. The Morgan fingerprint density at radius 2 is 1.90 bits per heavy atom. The Morgan fingerprint density at radius 3 is 2.48 bits per heavy atom. The molecule has 0 unspecified atom stereocenters. The Labute approximate surface area is 124 Å². The van der Waals surface area contributed by atoms with Gasteiger partial charge in [0.25, 0.3) is 5.91 Å². The summed E-state index contributed by atoms with van der Waals surface area (Å²) in [6, 6.07) is 3.39. The molecule has 1 aliphatic rings. The number of carbonyl (C=O) groups excluding carboxylic acids is 1.